The number of nitrogens with zero attached hydrogens (tertiary/aromatic N) is 2. The summed E-state index contributed by atoms with van der Waals surface area (Å²) in [6.45, 7) is 3.37. The zero-order valence-electron chi connectivity index (χ0n) is 20.9. The molecule has 0 spiro atoms. The van der Waals surface area contributed by atoms with Crippen molar-refractivity contribution in [3.05, 3.63) is 80.0 Å². The maximum Gasteiger partial charge on any atom is 0.338 e. The minimum Gasteiger partial charge on any atom is -0.465 e. The quantitative estimate of drug-likeness (QED) is 0.313. The zero-order chi connectivity index (χ0) is 27.8. The number of rotatable bonds is 7. The van der Waals surface area contributed by atoms with E-state index >= 15 is 0 Å². The Bertz CT molecular complexity index is 1510. The van der Waals surface area contributed by atoms with Gasteiger partial charge in [-0.2, -0.15) is 0 Å². The molecule has 0 radical (unpaired) electrons. The number of amides is 2. The fourth-order valence-electron chi connectivity index (χ4n) is 4.84. The molecule has 0 unspecified atom stereocenters. The molecule has 1 aromatic heterocycles. The molecule has 2 aromatic carbocycles. The second-order valence-electron chi connectivity index (χ2n) is 8.80. The van der Waals surface area contributed by atoms with Crippen molar-refractivity contribution < 1.29 is 33.0 Å². The third-order valence-corrected chi connectivity index (χ3v) is 9.11. The third-order valence-electron chi connectivity index (χ3n) is 6.51. The van der Waals surface area contributed by atoms with Gasteiger partial charge in [-0.3, -0.25) is 23.7 Å². The number of hydrogen-bond acceptors (Lipinski definition) is 9. The highest BCUT2D eigenvalue weighted by molar-refractivity contribution is 8.00. The number of aromatic nitrogens is 1. The molecular formula is C27H23FN2O7S2. The van der Waals surface area contributed by atoms with E-state index in [4.69, 9.17) is 9.47 Å². The van der Waals surface area contributed by atoms with Crippen molar-refractivity contribution in [1.82, 2.24) is 4.57 Å². The molecule has 9 nitrogen and oxygen atoms in total. The first-order valence-corrected chi connectivity index (χ1v) is 13.9. The van der Waals surface area contributed by atoms with Crippen LogP contribution in [0.1, 0.15) is 40.6 Å². The van der Waals surface area contributed by atoms with Crippen molar-refractivity contribution in [1.29, 1.82) is 0 Å². The molecular weight excluding hydrogens is 547 g/mol. The average Bonchev–Trinajstić information content (AvgIpc) is 3.36. The molecule has 12 heteroatoms. The van der Waals surface area contributed by atoms with E-state index in [1.807, 2.05) is 0 Å². The summed E-state index contributed by atoms with van der Waals surface area (Å²) in [6, 6.07) is 11.6. The lowest BCUT2D eigenvalue weighted by molar-refractivity contribution is -0.144. The maximum absolute atomic E-state index is 13.9. The Balaban J connectivity index is 1.57. The molecule has 1 fully saturated rings. The Morgan fingerprint density at radius 2 is 1.59 bits per heavy atom. The summed E-state index contributed by atoms with van der Waals surface area (Å²) in [6.07, 6.45) is 0. The minimum absolute atomic E-state index is 0.146. The van der Waals surface area contributed by atoms with Crippen LogP contribution in [0.4, 0.5) is 10.1 Å². The normalized spacial score (nSPS) is 20.0. The van der Waals surface area contributed by atoms with Crippen molar-refractivity contribution in [3.8, 4) is 0 Å². The molecule has 2 aliphatic rings. The number of fused-ring (bicyclic) bond motifs is 2. The Morgan fingerprint density at radius 3 is 2.23 bits per heavy atom. The fraction of sp³-hybridized carbons (Fsp3) is 0.296. The van der Waals surface area contributed by atoms with Gasteiger partial charge in [0.1, 0.15) is 17.6 Å². The second kappa shape index (κ2) is 10.8. The number of anilines is 1. The summed E-state index contributed by atoms with van der Waals surface area (Å²) in [5.41, 5.74) is 1.14. The van der Waals surface area contributed by atoms with Crippen LogP contribution in [0.25, 0.3) is 0 Å². The fourth-order valence-corrected chi connectivity index (χ4v) is 7.61. The van der Waals surface area contributed by atoms with E-state index in [-0.39, 0.29) is 31.0 Å². The van der Waals surface area contributed by atoms with Gasteiger partial charge in [-0.25, -0.2) is 14.1 Å². The summed E-state index contributed by atoms with van der Waals surface area (Å²) in [4.78, 5) is 66.0. The van der Waals surface area contributed by atoms with Gasteiger partial charge in [0.15, 0.2) is 0 Å². The smallest absolute Gasteiger partial charge is 0.338 e. The number of carbonyl (C=O) groups excluding carboxylic acids is 4. The van der Waals surface area contributed by atoms with E-state index in [9.17, 15) is 28.4 Å². The highest BCUT2D eigenvalue weighted by Gasteiger charge is 2.56. The summed E-state index contributed by atoms with van der Waals surface area (Å²) >= 11 is 1.96. The summed E-state index contributed by atoms with van der Waals surface area (Å²) in [5.74, 6) is -4.14. The van der Waals surface area contributed by atoms with Crippen LogP contribution in [0.5, 0.6) is 0 Å². The first-order valence-electron chi connectivity index (χ1n) is 12.2. The molecule has 39 heavy (non-hydrogen) atoms. The monoisotopic (exact) mass is 570 g/mol. The average molecular weight is 571 g/mol. The highest BCUT2D eigenvalue weighted by atomic mass is 32.2. The van der Waals surface area contributed by atoms with E-state index in [0.717, 1.165) is 28.0 Å². The zero-order valence-corrected chi connectivity index (χ0v) is 22.6. The number of esters is 2. The van der Waals surface area contributed by atoms with Crippen LogP contribution in [0.15, 0.2) is 58.4 Å². The molecule has 5 rings (SSSR count). The van der Waals surface area contributed by atoms with Gasteiger partial charge < -0.3 is 9.47 Å². The molecule has 0 N–H and O–H groups in total. The molecule has 1 saturated heterocycles. The van der Waals surface area contributed by atoms with Gasteiger partial charge in [-0.15, -0.1) is 0 Å². The molecule has 0 saturated carbocycles. The molecule has 202 valence electrons. The number of benzene rings is 2. The lowest BCUT2D eigenvalue weighted by Crippen LogP contribution is -2.32. The van der Waals surface area contributed by atoms with Crippen LogP contribution in [-0.2, 0) is 30.4 Å². The standard InChI is InChI=1S/C27H23FN2O7S2/c1-3-36-18(31)13-29-25-22(39-27(29)35)19(14-5-9-16(28)10-6-14)20-21(38-25)24(33)30(23(20)32)17-11-7-15(8-12-17)26(34)37-4-2/h5-12,19-21H,3-4,13H2,1-2H3/t19-,20-,21+/m0/s1. The van der Waals surface area contributed by atoms with Gasteiger partial charge >= 0.3 is 16.8 Å². The molecule has 2 amide bonds. The summed E-state index contributed by atoms with van der Waals surface area (Å²) < 4.78 is 25.1. The van der Waals surface area contributed by atoms with Gasteiger partial charge in [0.25, 0.3) is 0 Å². The van der Waals surface area contributed by atoms with Crippen LogP contribution >= 0.6 is 23.1 Å². The van der Waals surface area contributed by atoms with E-state index in [0.29, 0.717) is 15.5 Å². The van der Waals surface area contributed by atoms with E-state index in [2.05, 4.69) is 0 Å². The summed E-state index contributed by atoms with van der Waals surface area (Å²) in [7, 11) is 0. The van der Waals surface area contributed by atoms with Gasteiger partial charge in [0, 0.05) is 10.8 Å². The Hall–Kier alpha value is -3.77. The highest BCUT2D eigenvalue weighted by Crippen LogP contribution is 2.53. The van der Waals surface area contributed by atoms with Crippen LogP contribution in [0, 0.1) is 11.7 Å². The Morgan fingerprint density at radius 1 is 0.923 bits per heavy atom. The number of halogens is 1. The third kappa shape index (κ3) is 4.78. The molecule has 0 aliphatic carbocycles. The van der Waals surface area contributed by atoms with Crippen LogP contribution in [-0.4, -0.2) is 46.8 Å². The van der Waals surface area contributed by atoms with Crippen molar-refractivity contribution >= 4 is 52.5 Å². The van der Waals surface area contributed by atoms with Crippen molar-refractivity contribution in [2.45, 2.75) is 36.6 Å². The van der Waals surface area contributed by atoms with Crippen molar-refractivity contribution in [3.63, 3.8) is 0 Å². The first-order chi connectivity index (χ1) is 18.7. The topological polar surface area (TPSA) is 112 Å². The largest absolute Gasteiger partial charge is 0.465 e. The molecule has 2 aliphatic heterocycles. The molecule has 0 bridgehead atoms. The molecule has 3 atom stereocenters. The van der Waals surface area contributed by atoms with Crippen molar-refractivity contribution in [2.24, 2.45) is 5.92 Å². The van der Waals surface area contributed by atoms with Gasteiger partial charge in [-0.05, 0) is 55.8 Å². The number of hydrogen-bond donors (Lipinski definition) is 0. The van der Waals surface area contributed by atoms with Crippen LogP contribution < -0.4 is 9.77 Å². The van der Waals surface area contributed by atoms with Gasteiger partial charge in [-0.1, -0.05) is 35.2 Å². The SMILES string of the molecule is CCOC(=O)Cn1c2c(sc1=O)[C@@H](c1ccc(F)cc1)[C@@H]1C(=O)N(c3ccc(C(=O)OCC)cc3)C(=O)[C@@H]1S2. The van der Waals surface area contributed by atoms with E-state index < -0.39 is 51.5 Å². The van der Waals surface area contributed by atoms with Crippen LogP contribution in [0.2, 0.25) is 0 Å². The lowest BCUT2D eigenvalue weighted by atomic mass is 9.83. The molecule has 3 heterocycles. The number of carbonyl (C=O) groups is 4. The van der Waals surface area contributed by atoms with E-state index in [1.54, 1.807) is 13.8 Å². The Kier molecular flexibility index (Phi) is 7.41. The number of imide groups is 1. The first kappa shape index (κ1) is 26.8. The number of ether oxygens (including phenoxy) is 2. The van der Waals surface area contributed by atoms with Gasteiger partial charge in [0.05, 0.1) is 35.4 Å². The predicted octanol–water partition coefficient (Wildman–Crippen LogP) is 3.58. The lowest BCUT2D eigenvalue weighted by Gasteiger charge is -2.30. The summed E-state index contributed by atoms with van der Waals surface area (Å²) in [5, 5.41) is -0.485. The molecule has 3 aromatic rings. The van der Waals surface area contributed by atoms with Crippen LogP contribution in [0.3, 0.4) is 0 Å². The predicted molar refractivity (Wildman–Crippen MR) is 141 cm³/mol. The number of thioether (sulfide) groups is 1. The maximum atomic E-state index is 13.9. The minimum atomic E-state index is -0.896. The second-order valence-corrected chi connectivity index (χ2v) is 10.9. The Labute approximate surface area is 230 Å². The number of thiazole rings is 1. The van der Waals surface area contributed by atoms with Gasteiger partial charge in [0.2, 0.25) is 11.8 Å². The van der Waals surface area contributed by atoms with E-state index in [1.165, 1.54) is 53.1 Å². The van der Waals surface area contributed by atoms with Crippen molar-refractivity contribution in [2.75, 3.05) is 18.1 Å².